The minimum atomic E-state index is -0.0793. The van der Waals surface area contributed by atoms with Crippen molar-refractivity contribution in [3.63, 3.8) is 0 Å². The third-order valence-corrected chi connectivity index (χ3v) is 2.66. The summed E-state index contributed by atoms with van der Waals surface area (Å²) in [5.41, 5.74) is 1.17. The van der Waals surface area contributed by atoms with Crippen molar-refractivity contribution < 1.29 is 4.79 Å². The summed E-state index contributed by atoms with van der Waals surface area (Å²) in [5.74, 6) is -0.0793. The van der Waals surface area contributed by atoms with Gasteiger partial charge >= 0.3 is 0 Å². The second kappa shape index (κ2) is 4.29. The summed E-state index contributed by atoms with van der Waals surface area (Å²) < 4.78 is 0. The first-order chi connectivity index (χ1) is 7.27. The second-order valence-electron chi connectivity index (χ2n) is 3.57. The van der Waals surface area contributed by atoms with E-state index in [-0.39, 0.29) is 5.91 Å². The molecule has 1 fully saturated rings. The molecule has 0 aromatic carbocycles. The fraction of sp³-hybridized carbons (Fsp3) is 0.364. The standard InChI is InChI=1S/C11H14N3O/c1-10(15)13-6-8-14(9-7-13)11-2-4-12-5-3-11/h2-5H,1,6-9H2. The predicted octanol–water partition coefficient (Wildman–Crippen LogP) is 0.564. The molecule has 1 saturated heterocycles. The van der Waals surface area contributed by atoms with Crippen LogP contribution in [0.4, 0.5) is 5.69 Å². The molecule has 0 atom stereocenters. The highest BCUT2D eigenvalue weighted by atomic mass is 16.2. The molecule has 4 heteroatoms. The van der Waals surface area contributed by atoms with Crippen LogP contribution in [0, 0.1) is 6.92 Å². The molecule has 1 amide bonds. The molecule has 4 nitrogen and oxygen atoms in total. The summed E-state index contributed by atoms with van der Waals surface area (Å²) in [6.45, 7) is 6.66. The van der Waals surface area contributed by atoms with Gasteiger partial charge < -0.3 is 9.80 Å². The van der Waals surface area contributed by atoms with E-state index in [2.05, 4.69) is 16.8 Å². The van der Waals surface area contributed by atoms with Crippen molar-refractivity contribution in [1.82, 2.24) is 9.88 Å². The fourth-order valence-corrected chi connectivity index (χ4v) is 1.77. The second-order valence-corrected chi connectivity index (χ2v) is 3.57. The van der Waals surface area contributed by atoms with Crippen LogP contribution in [-0.4, -0.2) is 42.0 Å². The Bertz CT molecular complexity index is 331. The van der Waals surface area contributed by atoms with Crippen molar-refractivity contribution in [3.05, 3.63) is 31.5 Å². The lowest BCUT2D eigenvalue weighted by Crippen LogP contribution is -2.48. The highest BCUT2D eigenvalue weighted by molar-refractivity contribution is 5.80. The van der Waals surface area contributed by atoms with Gasteiger partial charge in [0.1, 0.15) is 0 Å². The first-order valence-corrected chi connectivity index (χ1v) is 5.03. The molecule has 1 aromatic rings. The summed E-state index contributed by atoms with van der Waals surface area (Å²) in [6.07, 6.45) is 3.57. The number of aromatic nitrogens is 1. The summed E-state index contributed by atoms with van der Waals surface area (Å²) >= 11 is 0. The molecular weight excluding hydrogens is 190 g/mol. The van der Waals surface area contributed by atoms with E-state index in [0.29, 0.717) is 0 Å². The van der Waals surface area contributed by atoms with Gasteiger partial charge in [0.25, 0.3) is 0 Å². The Morgan fingerprint density at radius 1 is 1.20 bits per heavy atom. The van der Waals surface area contributed by atoms with Crippen LogP contribution in [-0.2, 0) is 4.79 Å². The summed E-state index contributed by atoms with van der Waals surface area (Å²) in [4.78, 5) is 19.0. The molecule has 1 radical (unpaired) electrons. The van der Waals surface area contributed by atoms with Gasteiger partial charge in [-0.25, -0.2) is 0 Å². The topological polar surface area (TPSA) is 36.4 Å². The Morgan fingerprint density at radius 3 is 2.33 bits per heavy atom. The SMILES string of the molecule is [CH2]C(=O)N1CCN(c2ccncc2)CC1. The first kappa shape index (κ1) is 9.96. The molecular formula is C11H14N3O. The van der Waals surface area contributed by atoms with Crippen LogP contribution in [0.5, 0.6) is 0 Å². The Morgan fingerprint density at radius 2 is 1.80 bits per heavy atom. The van der Waals surface area contributed by atoms with Gasteiger partial charge in [0.05, 0.1) is 0 Å². The van der Waals surface area contributed by atoms with Crippen molar-refractivity contribution in [2.45, 2.75) is 0 Å². The predicted molar refractivity (Wildman–Crippen MR) is 58.4 cm³/mol. The van der Waals surface area contributed by atoms with Crippen LogP contribution in [0.2, 0.25) is 0 Å². The average molecular weight is 204 g/mol. The van der Waals surface area contributed by atoms with E-state index in [4.69, 9.17) is 0 Å². The molecule has 79 valence electrons. The van der Waals surface area contributed by atoms with Crippen molar-refractivity contribution in [2.24, 2.45) is 0 Å². The van der Waals surface area contributed by atoms with Crippen LogP contribution in [0.25, 0.3) is 0 Å². The van der Waals surface area contributed by atoms with Crippen molar-refractivity contribution in [3.8, 4) is 0 Å². The van der Waals surface area contributed by atoms with E-state index in [1.807, 2.05) is 12.1 Å². The van der Waals surface area contributed by atoms with Crippen LogP contribution in [0.15, 0.2) is 24.5 Å². The maximum Gasteiger partial charge on any atom is 0.223 e. The Hall–Kier alpha value is -1.58. The Labute approximate surface area is 89.5 Å². The van der Waals surface area contributed by atoms with Crippen LogP contribution >= 0.6 is 0 Å². The Kier molecular flexibility index (Phi) is 2.85. The quantitative estimate of drug-likeness (QED) is 0.671. The molecule has 1 aliphatic heterocycles. The van der Waals surface area contributed by atoms with E-state index in [1.54, 1.807) is 17.3 Å². The number of amides is 1. The minimum Gasteiger partial charge on any atom is -0.368 e. The van der Waals surface area contributed by atoms with Crippen LogP contribution in [0.1, 0.15) is 0 Å². The summed E-state index contributed by atoms with van der Waals surface area (Å²) in [7, 11) is 0. The van der Waals surface area contributed by atoms with E-state index in [1.165, 1.54) is 5.69 Å². The van der Waals surface area contributed by atoms with E-state index < -0.39 is 0 Å². The van der Waals surface area contributed by atoms with Crippen molar-refractivity contribution >= 4 is 11.6 Å². The molecule has 1 aromatic heterocycles. The zero-order valence-electron chi connectivity index (χ0n) is 8.59. The lowest BCUT2D eigenvalue weighted by molar-refractivity contribution is -0.126. The van der Waals surface area contributed by atoms with Gasteiger partial charge in [-0.05, 0) is 12.1 Å². The molecule has 15 heavy (non-hydrogen) atoms. The molecule has 2 rings (SSSR count). The zero-order chi connectivity index (χ0) is 10.7. The van der Waals surface area contributed by atoms with Crippen LogP contribution in [0.3, 0.4) is 0 Å². The van der Waals surface area contributed by atoms with Gasteiger partial charge in [0, 0.05) is 51.2 Å². The molecule has 0 unspecified atom stereocenters. The van der Waals surface area contributed by atoms with Crippen LogP contribution < -0.4 is 4.90 Å². The van der Waals surface area contributed by atoms with Gasteiger partial charge in [-0.1, -0.05) is 0 Å². The third kappa shape index (κ3) is 2.26. The summed E-state index contributed by atoms with van der Waals surface area (Å²) in [6, 6.07) is 3.98. The molecule has 0 N–H and O–H groups in total. The fourth-order valence-electron chi connectivity index (χ4n) is 1.77. The van der Waals surface area contributed by atoms with Gasteiger partial charge in [-0.2, -0.15) is 0 Å². The number of pyridine rings is 1. The number of piperazine rings is 1. The Balaban J connectivity index is 1.97. The maximum absolute atomic E-state index is 11.0. The zero-order valence-corrected chi connectivity index (χ0v) is 8.59. The number of carbonyl (C=O) groups is 1. The largest absolute Gasteiger partial charge is 0.368 e. The average Bonchev–Trinajstić information content (AvgIpc) is 2.30. The monoisotopic (exact) mass is 204 g/mol. The highest BCUT2D eigenvalue weighted by Crippen LogP contribution is 2.14. The van der Waals surface area contributed by atoms with Gasteiger partial charge in [0.15, 0.2) is 0 Å². The lowest BCUT2D eigenvalue weighted by Gasteiger charge is -2.35. The number of hydrogen-bond donors (Lipinski definition) is 0. The summed E-state index contributed by atoms with van der Waals surface area (Å²) in [5, 5.41) is 0. The lowest BCUT2D eigenvalue weighted by atomic mass is 10.2. The number of nitrogens with zero attached hydrogens (tertiary/aromatic N) is 3. The molecule has 0 spiro atoms. The third-order valence-electron chi connectivity index (χ3n) is 2.66. The van der Waals surface area contributed by atoms with E-state index in [0.717, 1.165) is 26.2 Å². The first-order valence-electron chi connectivity index (χ1n) is 5.03. The van der Waals surface area contributed by atoms with Crippen molar-refractivity contribution in [1.29, 1.82) is 0 Å². The van der Waals surface area contributed by atoms with Gasteiger partial charge in [-0.3, -0.25) is 9.78 Å². The smallest absolute Gasteiger partial charge is 0.223 e. The molecule has 2 heterocycles. The normalized spacial score (nSPS) is 16.6. The number of hydrogen-bond acceptors (Lipinski definition) is 3. The highest BCUT2D eigenvalue weighted by Gasteiger charge is 2.18. The number of rotatable bonds is 1. The minimum absolute atomic E-state index is 0.0793. The molecule has 0 aliphatic carbocycles. The molecule has 1 aliphatic rings. The van der Waals surface area contributed by atoms with Gasteiger partial charge in [0.2, 0.25) is 5.91 Å². The maximum atomic E-state index is 11.0. The van der Waals surface area contributed by atoms with E-state index in [9.17, 15) is 4.79 Å². The van der Waals surface area contributed by atoms with Crippen molar-refractivity contribution in [2.75, 3.05) is 31.1 Å². The van der Waals surface area contributed by atoms with Gasteiger partial charge in [-0.15, -0.1) is 0 Å². The number of anilines is 1. The van der Waals surface area contributed by atoms with E-state index >= 15 is 0 Å². The molecule has 0 saturated carbocycles. The number of carbonyl (C=O) groups excluding carboxylic acids is 1. The molecule has 0 bridgehead atoms.